The number of anilines is 6. The molecule has 0 amide bonds. The van der Waals surface area contributed by atoms with Gasteiger partial charge in [-0.05, 0) is 143 Å². The van der Waals surface area contributed by atoms with Crippen LogP contribution in [0.25, 0.3) is 22.6 Å². The van der Waals surface area contributed by atoms with Gasteiger partial charge in [0.2, 0.25) is 5.89 Å². The SMILES string of the molecule is CC(C)(C)c1ccc(-c2nc3cc4c(cc3o2)N(c2ccc(C(C)(C)C)cc2)c2cc(C(c3ccccc3)(c3ccccc3)c3ccccc3)cc3c2B4c2cc(C(C)(C)C)ccc2N3c2ccc(C(C)(C)C)cc2)cc1. The van der Waals surface area contributed by atoms with Crippen molar-refractivity contribution in [1.82, 2.24) is 4.98 Å². The summed E-state index contributed by atoms with van der Waals surface area (Å²) in [6.45, 7) is 27.3. The molecule has 9 aromatic carbocycles. The monoisotopic (exact) mass is 1000 g/mol. The van der Waals surface area contributed by atoms with Crippen LogP contribution < -0.4 is 26.2 Å². The van der Waals surface area contributed by atoms with E-state index >= 15 is 0 Å². The second-order valence-electron chi connectivity index (χ2n) is 25.7. The van der Waals surface area contributed by atoms with Crippen molar-refractivity contribution < 1.29 is 4.42 Å². The molecule has 0 unspecified atom stereocenters. The molecule has 0 saturated heterocycles. The van der Waals surface area contributed by atoms with Crippen LogP contribution in [0.4, 0.5) is 34.1 Å². The van der Waals surface area contributed by atoms with Crippen LogP contribution in [0.2, 0.25) is 0 Å². The van der Waals surface area contributed by atoms with Gasteiger partial charge in [0.25, 0.3) is 6.71 Å². The van der Waals surface area contributed by atoms with Gasteiger partial charge in [0.1, 0.15) is 5.52 Å². The zero-order chi connectivity index (χ0) is 53.8. The largest absolute Gasteiger partial charge is 0.436 e. The highest BCUT2D eigenvalue weighted by Gasteiger charge is 2.47. The van der Waals surface area contributed by atoms with Crippen LogP contribution in [0.1, 0.15) is 128 Å². The van der Waals surface area contributed by atoms with Crippen molar-refractivity contribution in [2.45, 2.75) is 110 Å². The Kier molecular flexibility index (Phi) is 11.8. The number of rotatable bonds is 7. The van der Waals surface area contributed by atoms with Gasteiger partial charge >= 0.3 is 0 Å². The topological polar surface area (TPSA) is 32.5 Å². The third-order valence-electron chi connectivity index (χ3n) is 16.5. The van der Waals surface area contributed by atoms with Gasteiger partial charge in [-0.2, -0.15) is 0 Å². The van der Waals surface area contributed by atoms with Crippen LogP contribution in [0, 0.1) is 0 Å². The van der Waals surface area contributed by atoms with Crippen molar-refractivity contribution in [2.75, 3.05) is 9.80 Å². The van der Waals surface area contributed by atoms with Crippen LogP contribution in [0.3, 0.4) is 0 Å². The molecule has 0 saturated carbocycles. The molecule has 1 aromatic heterocycles. The first-order valence-corrected chi connectivity index (χ1v) is 27.6. The van der Waals surface area contributed by atoms with Crippen LogP contribution in [-0.4, -0.2) is 11.7 Å². The summed E-state index contributed by atoms with van der Waals surface area (Å²) < 4.78 is 6.94. The summed E-state index contributed by atoms with van der Waals surface area (Å²) in [6, 6.07) is 77.7. The lowest BCUT2D eigenvalue weighted by atomic mass is 9.33. The molecular weight excluding hydrogens is 934 g/mol. The fourth-order valence-corrected chi connectivity index (χ4v) is 12.2. The molecule has 5 heteroatoms. The van der Waals surface area contributed by atoms with Crippen LogP contribution in [0.15, 0.2) is 211 Å². The summed E-state index contributed by atoms with van der Waals surface area (Å²) >= 11 is 0. The number of aromatic nitrogens is 1. The summed E-state index contributed by atoms with van der Waals surface area (Å²) in [4.78, 5) is 10.4. The maximum Gasteiger partial charge on any atom is 0.252 e. The lowest BCUT2D eigenvalue weighted by molar-refractivity contribution is 0.589. The van der Waals surface area contributed by atoms with E-state index in [-0.39, 0.29) is 28.4 Å². The van der Waals surface area contributed by atoms with Crippen molar-refractivity contribution in [3.05, 3.63) is 251 Å². The first kappa shape index (κ1) is 50.0. The molecule has 0 fully saturated rings. The molecule has 12 rings (SSSR count). The van der Waals surface area contributed by atoms with E-state index in [1.807, 2.05) is 0 Å². The van der Waals surface area contributed by atoms with Gasteiger partial charge < -0.3 is 14.2 Å². The van der Waals surface area contributed by atoms with Crippen LogP contribution in [0.5, 0.6) is 0 Å². The Balaban J connectivity index is 1.23. The Morgan fingerprint density at radius 3 is 1.19 bits per heavy atom. The fraction of sp³-hybridized carbons (Fsp3) is 0.236. The molecule has 0 radical (unpaired) electrons. The fourth-order valence-electron chi connectivity index (χ4n) is 12.2. The molecular formula is C72H70BN3O. The van der Waals surface area contributed by atoms with Gasteiger partial charge in [-0.15, -0.1) is 0 Å². The highest BCUT2D eigenvalue weighted by molar-refractivity contribution is 7.00. The summed E-state index contributed by atoms with van der Waals surface area (Å²) in [7, 11) is 0. The Labute approximate surface area is 457 Å². The average Bonchev–Trinajstić information content (AvgIpc) is 3.92. The molecule has 382 valence electrons. The number of hydrogen-bond donors (Lipinski definition) is 0. The van der Waals surface area contributed by atoms with Gasteiger partial charge in [-0.3, -0.25) is 0 Å². The highest BCUT2D eigenvalue weighted by Crippen LogP contribution is 2.52. The number of hydrogen-bond acceptors (Lipinski definition) is 4. The van der Waals surface area contributed by atoms with Gasteiger partial charge in [0, 0.05) is 45.8 Å². The highest BCUT2D eigenvalue weighted by atomic mass is 16.3. The Morgan fingerprint density at radius 2 is 0.753 bits per heavy atom. The van der Waals surface area contributed by atoms with E-state index in [1.54, 1.807) is 0 Å². The zero-order valence-corrected chi connectivity index (χ0v) is 47.0. The maximum absolute atomic E-state index is 6.94. The van der Waals surface area contributed by atoms with E-state index in [9.17, 15) is 0 Å². The molecule has 2 aliphatic heterocycles. The van der Waals surface area contributed by atoms with Crippen LogP contribution >= 0.6 is 0 Å². The smallest absolute Gasteiger partial charge is 0.252 e. The third kappa shape index (κ3) is 8.50. The van der Waals surface area contributed by atoms with E-state index in [4.69, 9.17) is 9.40 Å². The Hall–Kier alpha value is -7.89. The summed E-state index contributed by atoms with van der Waals surface area (Å²) in [5.74, 6) is 0.617. The second-order valence-corrected chi connectivity index (χ2v) is 25.7. The van der Waals surface area contributed by atoms with Crippen molar-refractivity contribution in [1.29, 1.82) is 0 Å². The van der Waals surface area contributed by atoms with E-state index < -0.39 is 5.41 Å². The minimum Gasteiger partial charge on any atom is -0.436 e. The third-order valence-corrected chi connectivity index (χ3v) is 16.5. The van der Waals surface area contributed by atoms with Crippen molar-refractivity contribution in [3.63, 3.8) is 0 Å². The molecule has 10 aromatic rings. The molecule has 4 nitrogen and oxygen atoms in total. The minimum atomic E-state index is -0.739. The normalized spacial score (nSPS) is 13.6. The predicted molar refractivity (Wildman–Crippen MR) is 327 cm³/mol. The molecule has 0 spiro atoms. The van der Waals surface area contributed by atoms with Crippen molar-refractivity contribution in [3.8, 4) is 11.5 Å². The first-order valence-electron chi connectivity index (χ1n) is 27.6. The van der Waals surface area contributed by atoms with Gasteiger partial charge in [-0.25, -0.2) is 4.98 Å². The van der Waals surface area contributed by atoms with E-state index in [2.05, 4.69) is 299 Å². The molecule has 0 aliphatic carbocycles. The zero-order valence-electron chi connectivity index (χ0n) is 47.0. The standard InChI is InChI=1S/C72H70BN3O/c1-68(2,3)48-30-28-47(29-31-48)67-74-60-45-59-62(46-65(60)77-67)76(57-39-34-50(35-40-57)70(7,8)9)64-44-55(72(51-22-16-13-17-23-51,52-24-18-14-19-25-52)53-26-20-15-21-27-53)43-63-66(64)73(59)58-42-54(71(10,11)12)36-41-61(58)75(63)56-37-32-49(33-38-56)69(4,5)6/h13-46H,1-12H3. The Morgan fingerprint density at radius 1 is 0.351 bits per heavy atom. The van der Waals surface area contributed by atoms with Gasteiger partial charge in [0.15, 0.2) is 5.58 Å². The summed E-state index contributed by atoms with van der Waals surface area (Å²) in [5.41, 5.74) is 22.0. The number of nitrogens with zero attached hydrogens (tertiary/aromatic N) is 3. The second kappa shape index (κ2) is 18.1. The lowest BCUT2D eigenvalue weighted by Crippen LogP contribution is -2.61. The van der Waals surface area contributed by atoms with Gasteiger partial charge in [0.05, 0.1) is 5.41 Å². The van der Waals surface area contributed by atoms with Gasteiger partial charge in [-0.1, -0.05) is 223 Å². The van der Waals surface area contributed by atoms with Crippen LogP contribution in [-0.2, 0) is 27.1 Å². The van der Waals surface area contributed by atoms with Crippen molar-refractivity contribution >= 4 is 68.3 Å². The van der Waals surface area contributed by atoms with E-state index in [0.717, 1.165) is 45.1 Å². The minimum absolute atomic E-state index is 0.0142. The van der Waals surface area contributed by atoms with E-state index in [0.29, 0.717) is 5.89 Å². The lowest BCUT2D eigenvalue weighted by Gasteiger charge is -2.46. The average molecular weight is 1000 g/mol. The van der Waals surface area contributed by atoms with Crippen molar-refractivity contribution in [2.24, 2.45) is 0 Å². The molecule has 0 bridgehead atoms. The molecule has 0 atom stereocenters. The van der Waals surface area contributed by atoms with E-state index in [1.165, 1.54) is 66.6 Å². The quantitative estimate of drug-likeness (QED) is 0.118. The Bertz CT molecular complexity index is 3720. The molecule has 0 N–H and O–H groups in total. The number of fused-ring (bicyclic) bond motifs is 5. The molecule has 2 aliphatic rings. The summed E-state index contributed by atoms with van der Waals surface area (Å²) in [6.07, 6.45) is 0. The number of oxazole rings is 1. The maximum atomic E-state index is 6.94. The molecule has 77 heavy (non-hydrogen) atoms. The first-order chi connectivity index (χ1) is 36.7. The number of benzene rings is 9. The predicted octanol–water partition coefficient (Wildman–Crippen LogP) is 17.2. The molecule has 3 heterocycles. The summed E-state index contributed by atoms with van der Waals surface area (Å²) in [5, 5.41) is 0.